The van der Waals surface area contributed by atoms with Gasteiger partial charge in [-0.25, -0.2) is 44.9 Å². The molecular weight excluding hydrogens is 1810 g/mol. The van der Waals surface area contributed by atoms with Crippen molar-refractivity contribution in [2.24, 2.45) is 0 Å². The summed E-state index contributed by atoms with van der Waals surface area (Å²) < 4.78 is 0. The molecule has 0 fully saturated rings. The summed E-state index contributed by atoms with van der Waals surface area (Å²) in [4.78, 5) is 58.5. The molecule has 6 aromatic heterocycles. The zero-order valence-corrected chi connectivity index (χ0v) is 82.2. The molecule has 28 rings (SSSR count). The Morgan fingerprint density at radius 3 is 1.02 bits per heavy atom. The van der Waals surface area contributed by atoms with E-state index in [2.05, 4.69) is 359 Å². The lowest BCUT2D eigenvalue weighted by Gasteiger charge is -2.30. The maximum Gasteiger partial charge on any atom is 0.165 e. The summed E-state index contributed by atoms with van der Waals surface area (Å²) in [6.07, 6.45) is 7.28. The van der Waals surface area contributed by atoms with Crippen LogP contribution < -0.4 is 0 Å². The van der Waals surface area contributed by atoms with Gasteiger partial charge in [0.1, 0.15) is 0 Å². The van der Waals surface area contributed by atoms with Crippen LogP contribution in [0.2, 0.25) is 0 Å². The molecule has 4 aliphatic rings. The molecule has 0 amide bonds. The van der Waals surface area contributed by atoms with Gasteiger partial charge in [-0.3, -0.25) is 15.0 Å². The third-order valence-electron chi connectivity index (χ3n) is 29.8. The van der Waals surface area contributed by atoms with Gasteiger partial charge in [0, 0.05) is 96.8 Å². The normalized spacial score (nSPS) is 12.9. The van der Waals surface area contributed by atoms with Crippen LogP contribution >= 0.6 is 0 Å². The fourth-order valence-electron chi connectivity index (χ4n) is 22.7. The third-order valence-corrected chi connectivity index (χ3v) is 29.8. The molecule has 18 aromatic carbocycles. The smallest absolute Gasteiger partial charge is 0.165 e. The Morgan fingerprint density at radius 1 is 0.168 bits per heavy atom. The van der Waals surface area contributed by atoms with Crippen molar-refractivity contribution in [2.75, 3.05) is 0 Å². The van der Waals surface area contributed by atoms with Crippen molar-refractivity contribution in [3.8, 4) is 214 Å². The number of hydrogen-bond acceptors (Lipinski definition) is 12. The van der Waals surface area contributed by atoms with Crippen LogP contribution in [0.25, 0.3) is 225 Å². The first-order valence-corrected chi connectivity index (χ1v) is 50.5. The fourth-order valence-corrected chi connectivity index (χ4v) is 22.7. The summed E-state index contributed by atoms with van der Waals surface area (Å²) in [6.45, 7) is 9.33. The van der Waals surface area contributed by atoms with Crippen molar-refractivity contribution in [3.63, 3.8) is 0 Å². The first-order chi connectivity index (χ1) is 73.4. The van der Waals surface area contributed by atoms with Gasteiger partial charge < -0.3 is 0 Å². The van der Waals surface area contributed by atoms with E-state index in [1.165, 1.54) is 116 Å². The maximum absolute atomic E-state index is 5.12. The number of hydrogen-bond donors (Lipinski definition) is 0. The molecule has 0 aliphatic heterocycles. The molecule has 12 nitrogen and oxygen atoms in total. The molecule has 0 unspecified atom stereocenters. The lowest BCUT2D eigenvalue weighted by molar-refractivity contribution is 0.660. The molecule has 0 saturated heterocycles. The lowest BCUT2D eigenvalue weighted by atomic mass is 9.70. The number of nitrogens with zero attached hydrogens (tertiary/aromatic N) is 12. The van der Waals surface area contributed by atoms with E-state index < -0.39 is 5.41 Å². The molecule has 0 saturated carbocycles. The highest BCUT2D eigenvalue weighted by Crippen LogP contribution is 2.65. The van der Waals surface area contributed by atoms with Crippen molar-refractivity contribution < 1.29 is 0 Å². The van der Waals surface area contributed by atoms with E-state index >= 15 is 0 Å². The van der Waals surface area contributed by atoms with E-state index in [-0.39, 0.29) is 10.8 Å². The van der Waals surface area contributed by atoms with E-state index in [0.29, 0.717) is 52.4 Å². The van der Waals surface area contributed by atoms with Gasteiger partial charge in [0.2, 0.25) is 0 Å². The summed E-state index contributed by atoms with van der Waals surface area (Å²) in [5.74, 6) is 5.66. The molecule has 4 aliphatic carbocycles. The Kier molecular flexibility index (Phi) is 22.6. The Balaban J connectivity index is 0.000000114. The SMILES string of the molecule is CC1(C)c2ccc(-c3cccc(-c4nc(-c5ccccc5)nc(-c5ccc(-c6ccncc6)cc5)n4)c3)cc2-c2ccc3ccccc3c21.CC1(C)c2ccccc2-c2c(-c3cccc(-c4nc(-c5ccccc5)nc(-c5ccc(-c6ccccc6)nc5)n4)c3)cccc21.c1ccc(-c2nc(-c3ccc(-c4ccccn4)cc3)nc(-c3cccc(-c4cccc5c4-c4ccccc4C54c5ccccc5-c5ccccc54)c3)n2)cc1. The minimum Gasteiger partial charge on any atom is -0.265 e. The summed E-state index contributed by atoms with van der Waals surface area (Å²) in [7, 11) is 0. The maximum atomic E-state index is 5.12. The molecule has 1 spiro atoms. The van der Waals surface area contributed by atoms with Crippen LogP contribution in [0.15, 0.2) is 498 Å². The zero-order valence-electron chi connectivity index (χ0n) is 82.2. The first kappa shape index (κ1) is 89.8. The zero-order chi connectivity index (χ0) is 99.7. The average molecular weight is 1910 g/mol. The molecule has 0 radical (unpaired) electrons. The number of rotatable bonds is 15. The van der Waals surface area contributed by atoms with E-state index in [0.717, 1.165) is 100 Å². The van der Waals surface area contributed by atoms with Crippen LogP contribution in [0.5, 0.6) is 0 Å². The van der Waals surface area contributed by atoms with E-state index in [9.17, 15) is 0 Å². The van der Waals surface area contributed by atoms with Gasteiger partial charge in [-0.1, -0.05) is 440 Å². The Bertz CT molecular complexity index is 9240. The van der Waals surface area contributed by atoms with E-state index in [1.54, 1.807) is 0 Å². The second kappa shape index (κ2) is 37.5. The molecule has 702 valence electrons. The number of benzene rings is 18. The Hall–Kier alpha value is -19.3. The predicted octanol–water partition coefficient (Wildman–Crippen LogP) is 32.9. The lowest BCUT2D eigenvalue weighted by Crippen LogP contribution is -2.25. The molecule has 149 heavy (non-hydrogen) atoms. The van der Waals surface area contributed by atoms with Gasteiger partial charge in [-0.2, -0.15) is 0 Å². The number of pyridine rings is 3. The third kappa shape index (κ3) is 16.1. The van der Waals surface area contributed by atoms with Crippen LogP contribution in [0, 0.1) is 0 Å². The molecule has 0 atom stereocenters. The van der Waals surface area contributed by atoms with Gasteiger partial charge in [0.15, 0.2) is 52.4 Å². The molecule has 6 heterocycles. The second-order valence-electron chi connectivity index (χ2n) is 39.3. The highest BCUT2D eigenvalue weighted by Gasteiger charge is 2.52. The second-order valence-corrected chi connectivity index (χ2v) is 39.3. The molecule has 12 heteroatoms. The predicted molar refractivity (Wildman–Crippen MR) is 603 cm³/mol. The van der Waals surface area contributed by atoms with Crippen molar-refractivity contribution >= 4 is 10.8 Å². The van der Waals surface area contributed by atoms with Crippen LogP contribution in [0.4, 0.5) is 0 Å². The standard InChI is InChI=1S/C51H32N4.C45H32N4.C41H30N4/c1-2-14-34(15-3-1)48-53-49(35-29-27-33(28-30-35)46-26-10-11-31-52-46)55-50(54-48)37-17-12-16-36(32-37)38-21-13-25-45-47(38)41-20-6-9-24-44(41)51(45)42-22-7-4-18-39(42)40-19-5-8-23-43(40)51;1-45(2)40-22-20-35(28-39(40)38-21-19-31-9-6-7-14-37(31)41(38)45)34-12-8-13-36(27-34)44-48-42(32-10-4-3-5-11-32)47-43(49-44)33-17-15-29(16-18-33)30-23-25-46-26-24-30;1-41(2)34-21-10-9-19-33(34)37-32(20-12-22-35(37)41)29-17-11-18-30(25-29)39-43-38(28-15-7-4-8-16-28)44-40(45-39)31-23-24-36(42-26-31)27-13-5-3-6-14-27/h1-32H;3-28H,1-2H3;3-26H,1-2H3. The topological polar surface area (TPSA) is 155 Å². The average Bonchev–Trinajstić information content (AvgIpc) is 1.61. The molecule has 24 aromatic rings. The van der Waals surface area contributed by atoms with Crippen molar-refractivity contribution in [2.45, 2.75) is 43.9 Å². The minimum atomic E-state index is -0.396. The Morgan fingerprint density at radius 2 is 0.503 bits per heavy atom. The highest BCUT2D eigenvalue weighted by atomic mass is 15.1. The number of fused-ring (bicyclic) bond motifs is 18. The van der Waals surface area contributed by atoms with Crippen LogP contribution in [-0.4, -0.2) is 59.8 Å². The van der Waals surface area contributed by atoms with Crippen LogP contribution in [0.1, 0.15) is 72.2 Å². The summed E-state index contributed by atoms with van der Waals surface area (Å²) in [6, 6.07) is 166. The van der Waals surface area contributed by atoms with Gasteiger partial charge in [0.05, 0.1) is 16.8 Å². The van der Waals surface area contributed by atoms with Gasteiger partial charge >= 0.3 is 0 Å². The molecule has 0 bridgehead atoms. The summed E-state index contributed by atoms with van der Waals surface area (Å²) in [5.41, 5.74) is 42.1. The van der Waals surface area contributed by atoms with Crippen molar-refractivity contribution in [3.05, 3.63) is 542 Å². The first-order valence-electron chi connectivity index (χ1n) is 50.5. The number of aromatic nitrogens is 12. The molecule has 0 N–H and O–H groups in total. The highest BCUT2D eigenvalue weighted by molar-refractivity contribution is 6.02. The quantitative estimate of drug-likeness (QED) is 0.0959. The van der Waals surface area contributed by atoms with Crippen molar-refractivity contribution in [1.82, 2.24) is 59.8 Å². The van der Waals surface area contributed by atoms with Crippen LogP contribution in [0.3, 0.4) is 0 Å². The summed E-state index contributed by atoms with van der Waals surface area (Å²) >= 11 is 0. The van der Waals surface area contributed by atoms with Gasteiger partial charge in [0.25, 0.3) is 0 Å². The fraction of sp³-hybridized carbons (Fsp3) is 0.0511. The van der Waals surface area contributed by atoms with E-state index in [1.807, 2.05) is 176 Å². The van der Waals surface area contributed by atoms with E-state index in [4.69, 9.17) is 49.8 Å². The monoisotopic (exact) mass is 1910 g/mol. The van der Waals surface area contributed by atoms with Gasteiger partial charge in [-0.05, 0) is 205 Å². The molecular formula is C137H94N12. The Labute approximate surface area is 865 Å². The van der Waals surface area contributed by atoms with Gasteiger partial charge in [-0.15, -0.1) is 0 Å². The summed E-state index contributed by atoms with van der Waals surface area (Å²) in [5, 5.41) is 2.61. The van der Waals surface area contributed by atoms with Crippen molar-refractivity contribution in [1.29, 1.82) is 0 Å². The largest absolute Gasteiger partial charge is 0.265 e. The van der Waals surface area contributed by atoms with Crippen LogP contribution in [-0.2, 0) is 16.2 Å². The minimum absolute atomic E-state index is 0.0582.